The molecule has 3 nitrogen and oxygen atoms in total. The van der Waals surface area contributed by atoms with Gasteiger partial charge in [-0.3, -0.25) is 4.68 Å². The van der Waals surface area contributed by atoms with Crippen LogP contribution < -0.4 is 5.32 Å². The largest absolute Gasteiger partial charge is 0.310 e. The maximum absolute atomic E-state index is 6.16. The molecule has 1 atom stereocenters. The lowest BCUT2D eigenvalue weighted by Gasteiger charge is -2.12. The minimum absolute atomic E-state index is 0.517. The highest BCUT2D eigenvalue weighted by Crippen LogP contribution is 2.18. The van der Waals surface area contributed by atoms with Crippen molar-refractivity contribution in [2.45, 2.75) is 32.9 Å². The summed E-state index contributed by atoms with van der Waals surface area (Å²) >= 11 is 8.04. The Balaban J connectivity index is 2.48. The van der Waals surface area contributed by atoms with Gasteiger partial charge >= 0.3 is 0 Å². The van der Waals surface area contributed by atoms with E-state index in [9.17, 15) is 0 Å². The minimum Gasteiger partial charge on any atom is -0.310 e. The molecule has 0 saturated carbocycles. The average molecular weight is 262 g/mol. The first-order valence-electron chi connectivity index (χ1n) is 5.46. The Morgan fingerprint density at radius 1 is 1.56 bits per heavy atom. The number of hydrogen-bond donors (Lipinski definition) is 1. The summed E-state index contributed by atoms with van der Waals surface area (Å²) in [5.41, 5.74) is 2.12. The first-order chi connectivity index (χ1) is 7.56. The van der Waals surface area contributed by atoms with Gasteiger partial charge in [-0.15, -0.1) is 0 Å². The van der Waals surface area contributed by atoms with E-state index in [1.165, 1.54) is 12.2 Å². The normalized spacial score (nSPS) is 13.1. The first kappa shape index (κ1) is 13.9. The van der Waals surface area contributed by atoms with Gasteiger partial charge in [-0.2, -0.15) is 16.9 Å². The Labute approximate surface area is 107 Å². The van der Waals surface area contributed by atoms with Crippen LogP contribution in [0.3, 0.4) is 0 Å². The molecule has 5 heteroatoms. The third kappa shape index (κ3) is 3.68. The summed E-state index contributed by atoms with van der Waals surface area (Å²) in [6.07, 6.45) is 3.31. The summed E-state index contributed by atoms with van der Waals surface area (Å²) < 4.78 is 1.72. The third-order valence-corrected chi connectivity index (χ3v) is 3.77. The van der Waals surface area contributed by atoms with E-state index in [0.717, 1.165) is 23.0 Å². The fraction of sp³-hybridized carbons (Fsp3) is 0.727. The van der Waals surface area contributed by atoms with Crippen LogP contribution in [-0.4, -0.2) is 27.8 Å². The number of nitrogens with one attached hydrogen (secondary N) is 1. The van der Waals surface area contributed by atoms with Crippen molar-refractivity contribution in [2.75, 3.05) is 12.0 Å². The number of aromatic nitrogens is 2. The minimum atomic E-state index is 0.517. The van der Waals surface area contributed by atoms with Crippen LogP contribution >= 0.6 is 23.4 Å². The number of halogens is 1. The molecule has 1 aromatic heterocycles. The van der Waals surface area contributed by atoms with Gasteiger partial charge in [0.1, 0.15) is 5.15 Å². The predicted molar refractivity (Wildman–Crippen MR) is 72.3 cm³/mol. The molecule has 0 amide bonds. The molecule has 1 aromatic rings. The second-order valence-corrected chi connectivity index (χ2v) is 5.39. The predicted octanol–water partition coefficient (Wildman–Crippen LogP) is 2.61. The van der Waals surface area contributed by atoms with E-state index >= 15 is 0 Å². The van der Waals surface area contributed by atoms with Gasteiger partial charge < -0.3 is 5.32 Å². The molecule has 0 aromatic carbocycles. The second-order valence-electron chi connectivity index (χ2n) is 4.04. The lowest BCUT2D eigenvalue weighted by atomic mass is 10.2. The van der Waals surface area contributed by atoms with E-state index in [1.54, 1.807) is 4.68 Å². The van der Waals surface area contributed by atoms with Gasteiger partial charge in [0, 0.05) is 25.2 Å². The molecule has 0 aliphatic rings. The van der Waals surface area contributed by atoms with Crippen LogP contribution in [0.15, 0.2) is 0 Å². The molecule has 0 spiro atoms. The summed E-state index contributed by atoms with van der Waals surface area (Å²) in [4.78, 5) is 0. The van der Waals surface area contributed by atoms with E-state index in [-0.39, 0.29) is 0 Å². The SMILES string of the molecule is CSCCC(C)NCc1c(C)nn(C)c1Cl. The maximum atomic E-state index is 6.16. The van der Waals surface area contributed by atoms with Crippen LogP contribution in [0.2, 0.25) is 5.15 Å². The molecule has 1 heterocycles. The molecule has 16 heavy (non-hydrogen) atoms. The van der Waals surface area contributed by atoms with Crippen molar-refractivity contribution >= 4 is 23.4 Å². The molecule has 92 valence electrons. The molecular formula is C11H20ClN3S. The average Bonchev–Trinajstić information content (AvgIpc) is 2.48. The number of thioether (sulfide) groups is 1. The maximum Gasteiger partial charge on any atom is 0.131 e. The summed E-state index contributed by atoms with van der Waals surface area (Å²) in [7, 11) is 1.87. The summed E-state index contributed by atoms with van der Waals surface area (Å²) in [6, 6.07) is 0.517. The smallest absolute Gasteiger partial charge is 0.131 e. The van der Waals surface area contributed by atoms with Gasteiger partial charge in [-0.1, -0.05) is 11.6 Å². The van der Waals surface area contributed by atoms with Crippen molar-refractivity contribution in [1.82, 2.24) is 15.1 Å². The van der Waals surface area contributed by atoms with Crippen molar-refractivity contribution < 1.29 is 0 Å². The van der Waals surface area contributed by atoms with E-state index in [4.69, 9.17) is 11.6 Å². The van der Waals surface area contributed by atoms with E-state index in [0.29, 0.717) is 6.04 Å². The Hall–Kier alpha value is -0.190. The zero-order valence-corrected chi connectivity index (χ0v) is 12.0. The van der Waals surface area contributed by atoms with Crippen LogP contribution in [0.25, 0.3) is 0 Å². The molecule has 0 bridgehead atoms. The van der Waals surface area contributed by atoms with Gasteiger partial charge in [0.25, 0.3) is 0 Å². The summed E-state index contributed by atoms with van der Waals surface area (Å²) in [6.45, 7) is 5.00. The van der Waals surface area contributed by atoms with Gasteiger partial charge in [0.05, 0.1) is 5.69 Å². The van der Waals surface area contributed by atoms with Gasteiger partial charge in [0.2, 0.25) is 0 Å². The van der Waals surface area contributed by atoms with Crippen LogP contribution in [0.1, 0.15) is 24.6 Å². The van der Waals surface area contributed by atoms with Gasteiger partial charge in [-0.05, 0) is 32.3 Å². The zero-order chi connectivity index (χ0) is 12.1. The van der Waals surface area contributed by atoms with Crippen LogP contribution in [0.5, 0.6) is 0 Å². The Morgan fingerprint density at radius 2 is 2.25 bits per heavy atom. The molecule has 1 unspecified atom stereocenters. The van der Waals surface area contributed by atoms with Crippen molar-refractivity contribution in [1.29, 1.82) is 0 Å². The fourth-order valence-electron chi connectivity index (χ4n) is 1.55. The monoisotopic (exact) mass is 261 g/mol. The molecule has 0 aliphatic heterocycles. The van der Waals surface area contributed by atoms with Gasteiger partial charge in [-0.25, -0.2) is 0 Å². The Morgan fingerprint density at radius 3 is 2.75 bits per heavy atom. The van der Waals surface area contributed by atoms with E-state index in [2.05, 4.69) is 23.6 Å². The Bertz CT molecular complexity index is 338. The topological polar surface area (TPSA) is 29.9 Å². The lowest BCUT2D eigenvalue weighted by Crippen LogP contribution is -2.26. The number of aryl methyl sites for hydroxylation is 2. The summed E-state index contributed by atoms with van der Waals surface area (Å²) in [5.74, 6) is 1.19. The number of rotatable bonds is 6. The van der Waals surface area contributed by atoms with Crippen LogP contribution in [0, 0.1) is 6.92 Å². The summed E-state index contributed by atoms with van der Waals surface area (Å²) in [5, 5.41) is 8.51. The Kier molecular flexibility index (Phi) is 5.66. The van der Waals surface area contributed by atoms with Crippen molar-refractivity contribution in [3.63, 3.8) is 0 Å². The van der Waals surface area contributed by atoms with Gasteiger partial charge in [0.15, 0.2) is 0 Å². The van der Waals surface area contributed by atoms with E-state index < -0.39 is 0 Å². The molecule has 0 radical (unpaired) electrons. The van der Waals surface area contributed by atoms with Crippen molar-refractivity contribution in [2.24, 2.45) is 7.05 Å². The standard InChI is InChI=1S/C11H20ClN3S/c1-8(5-6-16-4)13-7-10-9(2)14-15(3)11(10)12/h8,13H,5-7H2,1-4H3. The fourth-order valence-corrected chi connectivity index (χ4v) is 2.38. The van der Waals surface area contributed by atoms with Crippen molar-refractivity contribution in [3.05, 3.63) is 16.4 Å². The molecule has 0 aliphatic carbocycles. The molecule has 0 fully saturated rings. The lowest BCUT2D eigenvalue weighted by molar-refractivity contribution is 0.536. The number of hydrogen-bond acceptors (Lipinski definition) is 3. The highest BCUT2D eigenvalue weighted by molar-refractivity contribution is 7.98. The highest BCUT2D eigenvalue weighted by atomic mass is 35.5. The zero-order valence-electron chi connectivity index (χ0n) is 10.4. The van der Waals surface area contributed by atoms with Crippen molar-refractivity contribution in [3.8, 4) is 0 Å². The third-order valence-electron chi connectivity index (χ3n) is 2.65. The van der Waals surface area contributed by atoms with Crippen LogP contribution in [0.4, 0.5) is 0 Å². The highest BCUT2D eigenvalue weighted by Gasteiger charge is 2.11. The second kappa shape index (κ2) is 6.52. The molecule has 1 N–H and O–H groups in total. The molecule has 0 saturated heterocycles. The quantitative estimate of drug-likeness (QED) is 0.854. The van der Waals surface area contributed by atoms with E-state index in [1.807, 2.05) is 25.7 Å². The first-order valence-corrected chi connectivity index (χ1v) is 7.23. The molecule has 1 rings (SSSR count). The number of nitrogens with zero attached hydrogens (tertiary/aromatic N) is 2. The van der Waals surface area contributed by atoms with Crippen LogP contribution in [-0.2, 0) is 13.6 Å². The molecular weight excluding hydrogens is 242 g/mol.